The SMILES string of the molecule is CCc1ccc(CC(N)c2cccc(OC)c2)s1. The van der Waals surface area contributed by atoms with Crippen molar-refractivity contribution in [1.29, 1.82) is 0 Å². The van der Waals surface area contributed by atoms with E-state index in [0.29, 0.717) is 0 Å². The second-order valence-electron chi connectivity index (χ2n) is 4.31. The van der Waals surface area contributed by atoms with Crippen LogP contribution in [0.25, 0.3) is 0 Å². The van der Waals surface area contributed by atoms with Gasteiger partial charge in [0.2, 0.25) is 0 Å². The van der Waals surface area contributed by atoms with Crippen molar-refractivity contribution in [3.05, 3.63) is 51.7 Å². The molecule has 0 radical (unpaired) electrons. The van der Waals surface area contributed by atoms with Gasteiger partial charge in [0.25, 0.3) is 0 Å². The molecule has 0 aliphatic carbocycles. The molecule has 0 bridgehead atoms. The number of benzene rings is 1. The smallest absolute Gasteiger partial charge is 0.119 e. The molecule has 2 rings (SSSR count). The number of hydrogen-bond acceptors (Lipinski definition) is 3. The zero-order valence-electron chi connectivity index (χ0n) is 10.8. The quantitative estimate of drug-likeness (QED) is 0.893. The average Bonchev–Trinajstić information content (AvgIpc) is 2.86. The number of nitrogens with two attached hydrogens (primary N) is 1. The van der Waals surface area contributed by atoms with Crippen LogP contribution < -0.4 is 10.5 Å². The number of hydrogen-bond donors (Lipinski definition) is 1. The van der Waals surface area contributed by atoms with Gasteiger partial charge in [-0.05, 0) is 36.2 Å². The molecule has 0 fully saturated rings. The van der Waals surface area contributed by atoms with Crippen LogP contribution in [0.5, 0.6) is 5.75 Å². The summed E-state index contributed by atoms with van der Waals surface area (Å²) < 4.78 is 5.22. The van der Waals surface area contributed by atoms with Crippen molar-refractivity contribution < 1.29 is 4.74 Å². The molecule has 0 aliphatic heterocycles. The maximum absolute atomic E-state index is 6.25. The zero-order valence-corrected chi connectivity index (χ0v) is 11.7. The molecule has 1 unspecified atom stereocenters. The molecule has 0 amide bonds. The molecule has 0 saturated carbocycles. The lowest BCUT2D eigenvalue weighted by Gasteiger charge is -2.12. The monoisotopic (exact) mass is 261 g/mol. The minimum atomic E-state index is 0.0310. The first-order chi connectivity index (χ1) is 8.72. The second-order valence-corrected chi connectivity index (χ2v) is 5.56. The molecule has 1 aromatic carbocycles. The molecule has 96 valence electrons. The third kappa shape index (κ3) is 3.12. The van der Waals surface area contributed by atoms with Crippen LogP contribution in [0.3, 0.4) is 0 Å². The molecule has 3 heteroatoms. The molecule has 0 spiro atoms. The number of aryl methyl sites for hydroxylation is 1. The Morgan fingerprint density at radius 2 is 2.00 bits per heavy atom. The molecule has 2 N–H and O–H groups in total. The van der Waals surface area contributed by atoms with E-state index in [-0.39, 0.29) is 6.04 Å². The van der Waals surface area contributed by atoms with Crippen LogP contribution in [-0.2, 0) is 12.8 Å². The van der Waals surface area contributed by atoms with Gasteiger partial charge < -0.3 is 10.5 Å². The maximum atomic E-state index is 6.25. The van der Waals surface area contributed by atoms with Crippen LogP contribution in [0.4, 0.5) is 0 Å². The zero-order chi connectivity index (χ0) is 13.0. The Balaban J connectivity index is 2.08. The summed E-state index contributed by atoms with van der Waals surface area (Å²) >= 11 is 1.85. The van der Waals surface area contributed by atoms with Crippen LogP contribution >= 0.6 is 11.3 Å². The van der Waals surface area contributed by atoms with Crippen molar-refractivity contribution >= 4 is 11.3 Å². The molecule has 1 atom stereocenters. The largest absolute Gasteiger partial charge is 0.497 e. The molecule has 1 heterocycles. The third-order valence-corrected chi connectivity index (χ3v) is 4.26. The van der Waals surface area contributed by atoms with Gasteiger partial charge in [0.1, 0.15) is 5.75 Å². The fourth-order valence-corrected chi connectivity index (χ4v) is 2.94. The Kier molecular flexibility index (Phi) is 4.39. The van der Waals surface area contributed by atoms with Crippen LogP contribution in [-0.4, -0.2) is 7.11 Å². The minimum absolute atomic E-state index is 0.0310. The number of ether oxygens (including phenoxy) is 1. The highest BCUT2D eigenvalue weighted by Gasteiger charge is 2.09. The van der Waals surface area contributed by atoms with E-state index in [2.05, 4.69) is 25.1 Å². The van der Waals surface area contributed by atoms with Crippen molar-refractivity contribution in [2.45, 2.75) is 25.8 Å². The highest BCUT2D eigenvalue weighted by Crippen LogP contribution is 2.24. The van der Waals surface area contributed by atoms with Crippen molar-refractivity contribution in [3.63, 3.8) is 0 Å². The Bertz CT molecular complexity index is 507. The van der Waals surface area contributed by atoms with E-state index >= 15 is 0 Å². The molecular weight excluding hydrogens is 242 g/mol. The van der Waals surface area contributed by atoms with E-state index in [1.165, 1.54) is 9.75 Å². The Hall–Kier alpha value is -1.32. The summed E-state index contributed by atoms with van der Waals surface area (Å²) in [6.45, 7) is 2.18. The first kappa shape index (κ1) is 13.1. The summed E-state index contributed by atoms with van der Waals surface area (Å²) in [7, 11) is 1.68. The summed E-state index contributed by atoms with van der Waals surface area (Å²) in [6, 6.07) is 12.4. The number of methoxy groups -OCH3 is 1. The molecule has 18 heavy (non-hydrogen) atoms. The predicted octanol–water partition coefficient (Wildman–Crippen LogP) is 3.56. The van der Waals surface area contributed by atoms with Crippen LogP contribution in [0.15, 0.2) is 36.4 Å². The molecule has 0 aliphatic rings. The van der Waals surface area contributed by atoms with Crippen LogP contribution in [0, 0.1) is 0 Å². The lowest BCUT2D eigenvalue weighted by Crippen LogP contribution is -2.12. The van der Waals surface area contributed by atoms with Crippen LogP contribution in [0.2, 0.25) is 0 Å². The van der Waals surface area contributed by atoms with Crippen molar-refractivity contribution in [2.75, 3.05) is 7.11 Å². The van der Waals surface area contributed by atoms with Gasteiger partial charge in [0.05, 0.1) is 7.11 Å². The highest BCUT2D eigenvalue weighted by molar-refractivity contribution is 7.11. The van der Waals surface area contributed by atoms with Gasteiger partial charge in [0.15, 0.2) is 0 Å². The summed E-state index contributed by atoms with van der Waals surface area (Å²) in [5.41, 5.74) is 7.38. The number of rotatable bonds is 5. The van der Waals surface area contributed by atoms with E-state index < -0.39 is 0 Å². The van der Waals surface area contributed by atoms with E-state index in [1.807, 2.05) is 29.5 Å². The molecule has 2 aromatic rings. The van der Waals surface area contributed by atoms with E-state index in [4.69, 9.17) is 10.5 Å². The van der Waals surface area contributed by atoms with Crippen molar-refractivity contribution in [1.82, 2.24) is 0 Å². The van der Waals surface area contributed by atoms with E-state index in [1.54, 1.807) is 7.11 Å². The minimum Gasteiger partial charge on any atom is -0.497 e. The Labute approximate surface area is 112 Å². The average molecular weight is 261 g/mol. The first-order valence-electron chi connectivity index (χ1n) is 6.20. The van der Waals surface area contributed by atoms with Gasteiger partial charge >= 0.3 is 0 Å². The van der Waals surface area contributed by atoms with Crippen LogP contribution in [0.1, 0.15) is 28.3 Å². The lowest BCUT2D eigenvalue weighted by molar-refractivity contribution is 0.414. The first-order valence-corrected chi connectivity index (χ1v) is 7.01. The third-order valence-electron chi connectivity index (χ3n) is 3.01. The van der Waals surface area contributed by atoms with Gasteiger partial charge in [-0.2, -0.15) is 0 Å². The topological polar surface area (TPSA) is 35.2 Å². The summed E-state index contributed by atoms with van der Waals surface area (Å²) in [4.78, 5) is 2.77. The molecule has 1 aromatic heterocycles. The van der Waals surface area contributed by atoms with Crippen molar-refractivity contribution in [2.24, 2.45) is 5.73 Å². The molecule has 0 saturated heterocycles. The fourth-order valence-electron chi connectivity index (χ4n) is 1.93. The number of thiophene rings is 1. The maximum Gasteiger partial charge on any atom is 0.119 e. The summed E-state index contributed by atoms with van der Waals surface area (Å²) in [5, 5.41) is 0. The van der Waals surface area contributed by atoms with Gasteiger partial charge in [-0.15, -0.1) is 11.3 Å². The van der Waals surface area contributed by atoms with Gasteiger partial charge in [0, 0.05) is 22.2 Å². The normalized spacial score (nSPS) is 12.4. The lowest BCUT2D eigenvalue weighted by atomic mass is 10.0. The fraction of sp³-hybridized carbons (Fsp3) is 0.333. The van der Waals surface area contributed by atoms with Gasteiger partial charge in [-0.1, -0.05) is 19.1 Å². The summed E-state index contributed by atoms with van der Waals surface area (Å²) in [6.07, 6.45) is 1.98. The van der Waals surface area contributed by atoms with Gasteiger partial charge in [-0.25, -0.2) is 0 Å². The van der Waals surface area contributed by atoms with Crippen molar-refractivity contribution in [3.8, 4) is 5.75 Å². The molecular formula is C15H19NOS. The Morgan fingerprint density at radius 3 is 2.67 bits per heavy atom. The second kappa shape index (κ2) is 6.03. The van der Waals surface area contributed by atoms with E-state index in [9.17, 15) is 0 Å². The predicted molar refractivity (Wildman–Crippen MR) is 77.3 cm³/mol. The highest BCUT2D eigenvalue weighted by atomic mass is 32.1. The standard InChI is InChI=1S/C15H19NOS/c1-3-13-7-8-14(18-13)10-15(16)11-5-4-6-12(9-11)17-2/h4-9,15H,3,10,16H2,1-2H3. The Morgan fingerprint density at radius 1 is 1.22 bits per heavy atom. The van der Waals surface area contributed by atoms with Gasteiger partial charge in [-0.3, -0.25) is 0 Å². The summed E-state index contributed by atoms with van der Waals surface area (Å²) in [5.74, 6) is 0.864. The van der Waals surface area contributed by atoms with E-state index in [0.717, 1.165) is 24.2 Å². The molecule has 2 nitrogen and oxygen atoms in total.